The molecule has 6 rings (SSSR count). The summed E-state index contributed by atoms with van der Waals surface area (Å²) in [6, 6.07) is 1.68. The van der Waals surface area contributed by atoms with Gasteiger partial charge in [0, 0.05) is 5.41 Å². The van der Waals surface area contributed by atoms with Crippen LogP contribution in [0.2, 0.25) is 0 Å². The van der Waals surface area contributed by atoms with Gasteiger partial charge >= 0.3 is 0 Å². The van der Waals surface area contributed by atoms with Crippen LogP contribution in [-0.4, -0.2) is 47.6 Å². The number of rotatable bonds is 7. The number of nitrogens with zero attached hydrogens (tertiary/aromatic N) is 2. The molecule has 4 saturated carbocycles. The van der Waals surface area contributed by atoms with Crippen LogP contribution < -0.4 is 15.2 Å². The molecule has 0 spiro atoms. The van der Waals surface area contributed by atoms with Gasteiger partial charge in [-0.25, -0.2) is 0 Å². The molecule has 1 atom stereocenters. The molecule has 1 aliphatic heterocycles. The molecule has 7 nitrogen and oxygen atoms in total. The van der Waals surface area contributed by atoms with Crippen LogP contribution in [0.1, 0.15) is 38.5 Å². The Morgan fingerprint density at radius 2 is 1.79 bits per heavy atom. The Balaban J connectivity index is 1.41. The number of primary amides is 1. The fourth-order valence-electron chi connectivity index (χ4n) is 6.15. The molecule has 1 aromatic heterocycles. The number of hydrogen-bond acceptors (Lipinski definition) is 7. The van der Waals surface area contributed by atoms with Crippen molar-refractivity contribution in [1.29, 1.82) is 0 Å². The summed E-state index contributed by atoms with van der Waals surface area (Å²) in [5.41, 5.74) is 5.72. The molecule has 2 heterocycles. The molecule has 1 unspecified atom stereocenters. The number of carbonyl (C=O) groups excluding carboxylic acids is 1. The van der Waals surface area contributed by atoms with Gasteiger partial charge in [0.1, 0.15) is 6.10 Å². The molecule has 5 aliphatic rings. The summed E-state index contributed by atoms with van der Waals surface area (Å²) in [4.78, 5) is 21.4. The number of nitrogens with two attached hydrogens (primary N) is 1. The summed E-state index contributed by atoms with van der Waals surface area (Å²) in [5.74, 6) is 2.57. The van der Waals surface area contributed by atoms with E-state index in [9.17, 15) is 4.79 Å². The van der Waals surface area contributed by atoms with Crippen LogP contribution in [0.5, 0.6) is 11.8 Å². The maximum Gasteiger partial charge on any atom is 0.259 e. The Morgan fingerprint density at radius 1 is 1.18 bits per heavy atom. The van der Waals surface area contributed by atoms with Crippen molar-refractivity contribution in [1.82, 2.24) is 9.97 Å². The molecule has 4 aliphatic carbocycles. The van der Waals surface area contributed by atoms with E-state index in [1.54, 1.807) is 6.07 Å². The Kier molecular flexibility index (Phi) is 4.66. The van der Waals surface area contributed by atoms with Gasteiger partial charge in [0.15, 0.2) is 11.3 Å². The molecule has 8 heteroatoms. The van der Waals surface area contributed by atoms with Gasteiger partial charge in [0.05, 0.1) is 19.3 Å². The van der Waals surface area contributed by atoms with Crippen molar-refractivity contribution in [2.45, 2.75) is 55.9 Å². The zero-order valence-electron chi connectivity index (χ0n) is 16.1. The van der Waals surface area contributed by atoms with Gasteiger partial charge in [-0.1, -0.05) is 11.8 Å². The van der Waals surface area contributed by atoms with Gasteiger partial charge in [0.25, 0.3) is 5.91 Å². The van der Waals surface area contributed by atoms with E-state index in [0.717, 1.165) is 19.3 Å². The largest absolute Gasteiger partial charge is 0.469 e. The number of aromatic nitrogens is 2. The lowest BCUT2D eigenvalue weighted by atomic mass is 9.48. The lowest BCUT2D eigenvalue weighted by Crippen LogP contribution is -2.57. The first kappa shape index (κ1) is 18.5. The van der Waals surface area contributed by atoms with Gasteiger partial charge < -0.3 is 19.9 Å². The molecule has 0 aromatic carbocycles. The van der Waals surface area contributed by atoms with Gasteiger partial charge in [-0.2, -0.15) is 9.97 Å². The normalized spacial score (nSPS) is 34.7. The Morgan fingerprint density at radius 3 is 2.29 bits per heavy atom. The summed E-state index contributed by atoms with van der Waals surface area (Å²) in [5, 5.41) is 0.557. The Bertz CT molecular complexity index is 735. The molecule has 152 valence electrons. The SMILES string of the molecule is CSc1nc(OC2COC2)cc(OC(C(N)=O)C23CC4CC(CC(C4)C2)C3)n1. The fourth-order valence-corrected chi connectivity index (χ4v) is 6.52. The van der Waals surface area contributed by atoms with E-state index in [2.05, 4.69) is 9.97 Å². The molecule has 5 fully saturated rings. The average Bonchev–Trinajstić information content (AvgIpc) is 2.61. The van der Waals surface area contributed by atoms with Crippen molar-refractivity contribution < 1.29 is 19.0 Å². The van der Waals surface area contributed by atoms with Crippen molar-refractivity contribution in [3.63, 3.8) is 0 Å². The Hall–Kier alpha value is -1.54. The Labute approximate surface area is 169 Å². The van der Waals surface area contributed by atoms with Crippen molar-refractivity contribution in [3.8, 4) is 11.8 Å². The summed E-state index contributed by atoms with van der Waals surface area (Å²) >= 11 is 1.42. The van der Waals surface area contributed by atoms with Crippen LogP contribution >= 0.6 is 11.8 Å². The van der Waals surface area contributed by atoms with Crippen LogP contribution in [0.25, 0.3) is 0 Å². The summed E-state index contributed by atoms with van der Waals surface area (Å²) < 4.78 is 17.2. The molecule has 1 saturated heterocycles. The van der Waals surface area contributed by atoms with Crippen molar-refractivity contribution in [2.24, 2.45) is 28.9 Å². The lowest BCUT2D eigenvalue weighted by Gasteiger charge is -2.58. The molecule has 1 aromatic rings. The second-order valence-electron chi connectivity index (χ2n) is 8.99. The van der Waals surface area contributed by atoms with E-state index in [1.165, 1.54) is 31.0 Å². The third kappa shape index (κ3) is 3.34. The zero-order valence-corrected chi connectivity index (χ0v) is 17.0. The van der Waals surface area contributed by atoms with E-state index in [4.69, 9.17) is 19.9 Å². The predicted molar refractivity (Wildman–Crippen MR) is 103 cm³/mol. The third-order valence-electron chi connectivity index (χ3n) is 6.87. The highest BCUT2D eigenvalue weighted by Gasteiger charge is 2.56. The zero-order chi connectivity index (χ0) is 19.3. The first-order chi connectivity index (χ1) is 13.5. The minimum Gasteiger partial charge on any atom is -0.469 e. The van der Waals surface area contributed by atoms with E-state index in [1.807, 2.05) is 6.26 Å². The first-order valence-electron chi connectivity index (χ1n) is 10.2. The van der Waals surface area contributed by atoms with Crippen LogP contribution in [-0.2, 0) is 9.53 Å². The summed E-state index contributed by atoms with van der Waals surface area (Å²) in [6.45, 7) is 1.12. The molecule has 28 heavy (non-hydrogen) atoms. The maximum atomic E-state index is 12.5. The highest BCUT2D eigenvalue weighted by Crippen LogP contribution is 2.61. The monoisotopic (exact) mass is 405 g/mol. The van der Waals surface area contributed by atoms with Crippen molar-refractivity contribution >= 4 is 17.7 Å². The van der Waals surface area contributed by atoms with Crippen LogP contribution in [0.3, 0.4) is 0 Å². The molecule has 2 N–H and O–H groups in total. The molecule has 4 bridgehead atoms. The quantitative estimate of drug-likeness (QED) is 0.550. The summed E-state index contributed by atoms with van der Waals surface area (Å²) in [6.07, 6.45) is 8.28. The minimum atomic E-state index is -0.648. The van der Waals surface area contributed by atoms with E-state index in [-0.39, 0.29) is 17.4 Å². The second-order valence-corrected chi connectivity index (χ2v) is 9.76. The second kappa shape index (κ2) is 7.06. The first-order valence-corrected chi connectivity index (χ1v) is 11.4. The topological polar surface area (TPSA) is 96.6 Å². The number of amides is 1. The molecular formula is C20H27N3O4S. The van der Waals surface area contributed by atoms with E-state index in [0.29, 0.717) is 47.9 Å². The standard InChI is InChI=1S/C20H27N3O4S/c1-28-19-22-15(26-14-9-25-10-14)5-16(23-19)27-17(18(21)24)20-6-11-2-12(7-20)4-13(3-11)8-20/h5,11-14,17H,2-4,6-10H2,1H3,(H2,21,24). The predicted octanol–water partition coefficient (Wildman–Crippen LogP) is 2.43. The van der Waals surface area contributed by atoms with Gasteiger partial charge in [-0.05, 0) is 62.5 Å². The lowest BCUT2D eigenvalue weighted by molar-refractivity contribution is -0.148. The van der Waals surface area contributed by atoms with E-state index >= 15 is 0 Å². The smallest absolute Gasteiger partial charge is 0.259 e. The van der Waals surface area contributed by atoms with Crippen LogP contribution in [0.15, 0.2) is 11.2 Å². The third-order valence-corrected chi connectivity index (χ3v) is 7.42. The number of ether oxygens (including phenoxy) is 3. The van der Waals surface area contributed by atoms with Crippen LogP contribution in [0.4, 0.5) is 0 Å². The summed E-state index contributed by atoms with van der Waals surface area (Å²) in [7, 11) is 0. The van der Waals surface area contributed by atoms with Crippen molar-refractivity contribution in [3.05, 3.63) is 6.07 Å². The number of hydrogen-bond donors (Lipinski definition) is 1. The van der Waals surface area contributed by atoms with E-state index < -0.39 is 6.10 Å². The highest BCUT2D eigenvalue weighted by molar-refractivity contribution is 7.98. The number of carbonyl (C=O) groups is 1. The van der Waals surface area contributed by atoms with Gasteiger partial charge in [-0.15, -0.1) is 0 Å². The molecule has 1 amide bonds. The fraction of sp³-hybridized carbons (Fsp3) is 0.750. The average molecular weight is 406 g/mol. The van der Waals surface area contributed by atoms with Gasteiger partial charge in [0.2, 0.25) is 11.8 Å². The number of thioether (sulfide) groups is 1. The van der Waals surface area contributed by atoms with Gasteiger partial charge in [-0.3, -0.25) is 4.79 Å². The van der Waals surface area contributed by atoms with Crippen LogP contribution in [0, 0.1) is 23.2 Å². The maximum absolute atomic E-state index is 12.5. The highest BCUT2D eigenvalue weighted by atomic mass is 32.2. The minimum absolute atomic E-state index is 0.00699. The molecular weight excluding hydrogens is 378 g/mol. The van der Waals surface area contributed by atoms with Crippen molar-refractivity contribution in [2.75, 3.05) is 19.5 Å². The molecule has 0 radical (unpaired) electrons.